The van der Waals surface area contributed by atoms with Gasteiger partial charge in [-0.3, -0.25) is 9.69 Å². The zero-order chi connectivity index (χ0) is 20.3. The van der Waals surface area contributed by atoms with Crippen molar-refractivity contribution in [1.29, 1.82) is 0 Å². The molecule has 3 rings (SSSR count). The lowest BCUT2D eigenvalue weighted by Crippen LogP contribution is -2.27. The molecule has 0 bridgehead atoms. The molecule has 1 heterocycles. The van der Waals surface area contributed by atoms with Gasteiger partial charge in [0, 0.05) is 4.47 Å². The van der Waals surface area contributed by atoms with E-state index in [9.17, 15) is 4.79 Å². The topological polar surface area (TPSA) is 38.8 Å². The van der Waals surface area contributed by atoms with E-state index >= 15 is 0 Å². The zero-order valence-electron chi connectivity index (χ0n) is 15.8. The van der Waals surface area contributed by atoms with Gasteiger partial charge >= 0.3 is 0 Å². The van der Waals surface area contributed by atoms with Gasteiger partial charge in [-0.2, -0.15) is 0 Å². The third kappa shape index (κ3) is 4.77. The monoisotopic (exact) mass is 477 g/mol. The van der Waals surface area contributed by atoms with Crippen LogP contribution in [-0.2, 0) is 4.79 Å². The summed E-state index contributed by atoms with van der Waals surface area (Å²) in [6.07, 6.45) is 1.83. The van der Waals surface area contributed by atoms with Crippen LogP contribution in [0.5, 0.6) is 11.5 Å². The van der Waals surface area contributed by atoms with E-state index in [1.165, 1.54) is 11.8 Å². The average molecular weight is 478 g/mol. The van der Waals surface area contributed by atoms with Crippen molar-refractivity contribution in [3.05, 3.63) is 57.4 Å². The van der Waals surface area contributed by atoms with Crippen molar-refractivity contribution in [3.8, 4) is 11.5 Å². The van der Waals surface area contributed by atoms with E-state index < -0.39 is 0 Å². The third-order valence-corrected chi connectivity index (χ3v) is 5.71. The molecule has 146 valence electrons. The molecule has 0 N–H and O–H groups in total. The molecule has 4 nitrogen and oxygen atoms in total. The average Bonchev–Trinajstić information content (AvgIpc) is 2.93. The maximum absolute atomic E-state index is 12.9. The fourth-order valence-electron chi connectivity index (χ4n) is 2.61. The number of amides is 1. The molecule has 2 aromatic carbocycles. The van der Waals surface area contributed by atoms with Crippen molar-refractivity contribution in [2.45, 2.75) is 13.8 Å². The first-order valence-electron chi connectivity index (χ1n) is 8.73. The molecular weight excluding hydrogens is 458 g/mol. The SMILES string of the molecule is COc1cc(/C=C2\SC(=S)N(c3cccc(Br)c3)C2=O)ccc1OCC(C)C. The van der Waals surface area contributed by atoms with Gasteiger partial charge in [-0.25, -0.2) is 0 Å². The normalized spacial score (nSPS) is 15.6. The fourth-order valence-corrected chi connectivity index (χ4v) is 4.29. The number of carbonyl (C=O) groups is 1. The van der Waals surface area contributed by atoms with Crippen molar-refractivity contribution in [3.63, 3.8) is 0 Å². The van der Waals surface area contributed by atoms with Crippen LogP contribution in [0.1, 0.15) is 19.4 Å². The van der Waals surface area contributed by atoms with Gasteiger partial charge < -0.3 is 9.47 Å². The number of hydrogen-bond acceptors (Lipinski definition) is 5. The Bertz CT molecular complexity index is 943. The Kier molecular flexibility index (Phi) is 6.80. The van der Waals surface area contributed by atoms with Crippen molar-refractivity contribution in [1.82, 2.24) is 0 Å². The summed E-state index contributed by atoms with van der Waals surface area (Å²) in [7, 11) is 1.61. The summed E-state index contributed by atoms with van der Waals surface area (Å²) in [5.74, 6) is 1.61. The predicted molar refractivity (Wildman–Crippen MR) is 123 cm³/mol. The first-order valence-corrected chi connectivity index (χ1v) is 10.7. The van der Waals surface area contributed by atoms with E-state index in [2.05, 4.69) is 29.8 Å². The van der Waals surface area contributed by atoms with Crippen LogP contribution in [0.3, 0.4) is 0 Å². The molecule has 28 heavy (non-hydrogen) atoms. The van der Waals surface area contributed by atoms with Crippen molar-refractivity contribution in [2.75, 3.05) is 18.6 Å². The number of rotatable bonds is 6. The minimum Gasteiger partial charge on any atom is -0.493 e. The van der Waals surface area contributed by atoms with E-state index in [0.29, 0.717) is 33.2 Å². The Morgan fingerprint density at radius 2 is 2.00 bits per heavy atom. The van der Waals surface area contributed by atoms with Gasteiger partial charge in [-0.15, -0.1) is 0 Å². The number of anilines is 1. The molecule has 0 radical (unpaired) electrons. The van der Waals surface area contributed by atoms with Crippen LogP contribution in [0, 0.1) is 5.92 Å². The summed E-state index contributed by atoms with van der Waals surface area (Å²) in [4.78, 5) is 15.0. The molecule has 0 spiro atoms. The third-order valence-electron chi connectivity index (χ3n) is 3.92. The minimum atomic E-state index is -0.132. The van der Waals surface area contributed by atoms with Crippen LogP contribution in [0.2, 0.25) is 0 Å². The summed E-state index contributed by atoms with van der Waals surface area (Å²) in [5.41, 5.74) is 1.60. The fraction of sp³-hybridized carbons (Fsp3) is 0.238. The van der Waals surface area contributed by atoms with Crippen LogP contribution in [0.4, 0.5) is 5.69 Å². The molecule has 1 amide bonds. The van der Waals surface area contributed by atoms with Crippen LogP contribution in [-0.4, -0.2) is 23.9 Å². The number of nitrogens with zero attached hydrogens (tertiary/aromatic N) is 1. The molecule has 7 heteroatoms. The lowest BCUT2D eigenvalue weighted by Gasteiger charge is -2.14. The number of methoxy groups -OCH3 is 1. The van der Waals surface area contributed by atoms with Crippen molar-refractivity contribution in [2.24, 2.45) is 5.92 Å². The van der Waals surface area contributed by atoms with Crippen LogP contribution in [0.25, 0.3) is 6.08 Å². The maximum atomic E-state index is 12.9. The van der Waals surface area contributed by atoms with Crippen LogP contribution >= 0.6 is 39.9 Å². The van der Waals surface area contributed by atoms with Crippen LogP contribution < -0.4 is 14.4 Å². The van der Waals surface area contributed by atoms with Gasteiger partial charge in [0.15, 0.2) is 15.8 Å². The van der Waals surface area contributed by atoms with Gasteiger partial charge in [0.25, 0.3) is 5.91 Å². The van der Waals surface area contributed by atoms with Gasteiger partial charge in [0.05, 0.1) is 24.3 Å². The summed E-state index contributed by atoms with van der Waals surface area (Å²) in [6.45, 7) is 4.79. The van der Waals surface area contributed by atoms with Gasteiger partial charge in [0.2, 0.25) is 0 Å². The lowest BCUT2D eigenvalue weighted by atomic mass is 10.1. The number of halogens is 1. The molecule has 1 fully saturated rings. The summed E-state index contributed by atoms with van der Waals surface area (Å²) < 4.78 is 12.6. The Morgan fingerprint density at radius 1 is 1.21 bits per heavy atom. The highest BCUT2D eigenvalue weighted by Gasteiger charge is 2.33. The Balaban J connectivity index is 1.85. The number of carbonyl (C=O) groups excluding carboxylic acids is 1. The molecule has 1 aliphatic rings. The first kappa shape index (κ1) is 20.9. The number of hydrogen-bond donors (Lipinski definition) is 0. The number of ether oxygens (including phenoxy) is 2. The smallest absolute Gasteiger partial charge is 0.270 e. The van der Waals surface area contributed by atoms with E-state index in [1.807, 2.05) is 48.5 Å². The molecule has 0 aromatic heterocycles. The largest absolute Gasteiger partial charge is 0.493 e. The molecule has 2 aromatic rings. The van der Waals surface area contributed by atoms with Gasteiger partial charge in [-0.05, 0) is 47.9 Å². The van der Waals surface area contributed by atoms with Gasteiger partial charge in [0.1, 0.15) is 0 Å². The Hall–Kier alpha value is -1.83. The summed E-state index contributed by atoms with van der Waals surface area (Å²) in [6, 6.07) is 13.2. The van der Waals surface area contributed by atoms with E-state index in [1.54, 1.807) is 12.0 Å². The lowest BCUT2D eigenvalue weighted by molar-refractivity contribution is -0.113. The van der Waals surface area contributed by atoms with E-state index in [-0.39, 0.29) is 5.91 Å². The number of thioether (sulfide) groups is 1. The van der Waals surface area contributed by atoms with Crippen molar-refractivity contribution < 1.29 is 14.3 Å². The Labute approximate surface area is 183 Å². The van der Waals surface area contributed by atoms with Gasteiger partial charge in [-0.1, -0.05) is 65.9 Å². The second-order valence-electron chi connectivity index (χ2n) is 6.61. The van der Waals surface area contributed by atoms with Crippen LogP contribution in [0.15, 0.2) is 51.8 Å². The predicted octanol–water partition coefficient (Wildman–Crippen LogP) is 5.90. The second-order valence-corrected chi connectivity index (χ2v) is 9.20. The van der Waals surface area contributed by atoms with E-state index in [4.69, 9.17) is 21.7 Å². The second kappa shape index (κ2) is 9.11. The number of benzene rings is 2. The summed E-state index contributed by atoms with van der Waals surface area (Å²) in [5, 5.41) is 0. The van der Waals surface area contributed by atoms with E-state index in [0.717, 1.165) is 15.7 Å². The molecule has 0 atom stereocenters. The first-order chi connectivity index (χ1) is 13.4. The molecule has 1 aliphatic heterocycles. The summed E-state index contributed by atoms with van der Waals surface area (Å²) >= 11 is 10.2. The molecular formula is C21H20BrNO3S2. The molecule has 0 unspecified atom stereocenters. The number of thiocarbonyl (C=S) groups is 1. The highest BCUT2D eigenvalue weighted by atomic mass is 79.9. The highest BCUT2D eigenvalue weighted by molar-refractivity contribution is 9.10. The van der Waals surface area contributed by atoms with Crippen molar-refractivity contribution >= 4 is 61.9 Å². The minimum absolute atomic E-state index is 0.132. The molecule has 0 saturated carbocycles. The molecule has 0 aliphatic carbocycles. The quantitative estimate of drug-likeness (QED) is 0.382. The molecule has 1 saturated heterocycles. The Morgan fingerprint density at radius 3 is 2.68 bits per heavy atom. The standard InChI is InChI=1S/C21H20BrNO3S2/c1-13(2)12-26-17-8-7-14(9-18(17)25-3)10-19-20(24)23(21(27)28-19)16-6-4-5-15(22)11-16/h4-11,13H,12H2,1-3H3/b19-10-. The zero-order valence-corrected chi connectivity index (χ0v) is 19.0. The maximum Gasteiger partial charge on any atom is 0.270 e. The highest BCUT2D eigenvalue weighted by Crippen LogP contribution is 2.37.